The van der Waals surface area contributed by atoms with Gasteiger partial charge in [0, 0.05) is 12.6 Å². The Bertz CT molecular complexity index is 502. The lowest BCUT2D eigenvalue weighted by Gasteiger charge is -2.20. The molecule has 1 atom stereocenters. The predicted molar refractivity (Wildman–Crippen MR) is 76.5 cm³/mol. The fraction of sp³-hybridized carbons (Fsp3) is 0.375. The van der Waals surface area contributed by atoms with Crippen molar-refractivity contribution in [2.45, 2.75) is 26.4 Å². The van der Waals surface area contributed by atoms with Gasteiger partial charge in [-0.15, -0.1) is 0 Å². The quantitative estimate of drug-likeness (QED) is 0.846. The number of aliphatic hydroxyl groups is 1. The summed E-state index contributed by atoms with van der Waals surface area (Å²) in [5.74, 6) is 0.435. The number of hydrogen-bond donors (Lipinski definition) is 2. The second-order valence-electron chi connectivity index (χ2n) is 5.05. The highest BCUT2D eigenvalue weighted by Crippen LogP contribution is 2.18. The number of rotatable bonds is 5. The van der Waals surface area contributed by atoms with Gasteiger partial charge in [-0.1, -0.05) is 56.3 Å². The molecule has 2 N–H and O–H groups in total. The van der Waals surface area contributed by atoms with Crippen LogP contribution in [-0.4, -0.2) is 17.8 Å². The van der Waals surface area contributed by atoms with E-state index in [2.05, 4.69) is 61.6 Å². The van der Waals surface area contributed by atoms with Gasteiger partial charge in [-0.05, 0) is 22.3 Å². The fourth-order valence-corrected chi connectivity index (χ4v) is 2.20. The van der Waals surface area contributed by atoms with Crippen molar-refractivity contribution in [2.75, 3.05) is 6.61 Å². The molecule has 2 aromatic carbocycles. The number of aliphatic hydroxyl groups excluding tert-OH is 1. The molecule has 0 saturated carbocycles. The van der Waals surface area contributed by atoms with Crippen molar-refractivity contribution in [1.29, 1.82) is 0 Å². The van der Waals surface area contributed by atoms with E-state index >= 15 is 0 Å². The third-order valence-corrected chi connectivity index (χ3v) is 3.44. The van der Waals surface area contributed by atoms with E-state index in [4.69, 9.17) is 0 Å². The Morgan fingerprint density at radius 1 is 1.06 bits per heavy atom. The molecule has 2 nitrogen and oxygen atoms in total. The number of fused-ring (bicyclic) bond motifs is 1. The van der Waals surface area contributed by atoms with E-state index in [9.17, 15) is 5.11 Å². The van der Waals surface area contributed by atoms with Crippen LogP contribution >= 0.6 is 0 Å². The topological polar surface area (TPSA) is 32.3 Å². The van der Waals surface area contributed by atoms with Gasteiger partial charge >= 0.3 is 0 Å². The Kier molecular flexibility index (Phi) is 4.34. The normalized spacial score (nSPS) is 13.1. The first-order chi connectivity index (χ1) is 8.72. The Hall–Kier alpha value is -1.38. The molecule has 18 heavy (non-hydrogen) atoms. The van der Waals surface area contributed by atoms with Crippen molar-refractivity contribution >= 4 is 10.8 Å². The molecule has 2 heteroatoms. The largest absolute Gasteiger partial charge is 0.395 e. The Labute approximate surface area is 109 Å². The molecule has 0 saturated heterocycles. The third-order valence-electron chi connectivity index (χ3n) is 3.44. The zero-order chi connectivity index (χ0) is 13.0. The Morgan fingerprint density at radius 2 is 1.78 bits per heavy atom. The van der Waals surface area contributed by atoms with Crippen LogP contribution in [0.5, 0.6) is 0 Å². The first-order valence-corrected chi connectivity index (χ1v) is 6.53. The van der Waals surface area contributed by atoms with Crippen LogP contribution < -0.4 is 5.32 Å². The van der Waals surface area contributed by atoms with Crippen LogP contribution in [0.15, 0.2) is 42.5 Å². The summed E-state index contributed by atoms with van der Waals surface area (Å²) in [4.78, 5) is 0. The minimum absolute atomic E-state index is 0.156. The third kappa shape index (κ3) is 2.89. The van der Waals surface area contributed by atoms with Gasteiger partial charge in [-0.2, -0.15) is 0 Å². The lowest BCUT2D eigenvalue weighted by atomic mass is 10.0. The van der Waals surface area contributed by atoms with Crippen LogP contribution in [0, 0.1) is 5.92 Å². The molecule has 0 aliphatic rings. The standard InChI is InChI=1S/C16H21NO/c1-12(2)16(11-18)17-10-14-8-5-7-13-6-3-4-9-15(13)14/h3-9,12,16-18H,10-11H2,1-2H3/t16-/m1/s1. The van der Waals surface area contributed by atoms with Crippen molar-refractivity contribution in [1.82, 2.24) is 5.32 Å². The Balaban J connectivity index is 2.17. The summed E-state index contributed by atoms with van der Waals surface area (Å²) in [5, 5.41) is 15.3. The molecule has 0 bridgehead atoms. The highest BCUT2D eigenvalue weighted by Gasteiger charge is 2.11. The second kappa shape index (κ2) is 5.98. The van der Waals surface area contributed by atoms with Crippen LogP contribution in [-0.2, 0) is 6.54 Å². The highest BCUT2D eigenvalue weighted by atomic mass is 16.3. The van der Waals surface area contributed by atoms with Crippen molar-refractivity contribution in [3.63, 3.8) is 0 Å². The van der Waals surface area contributed by atoms with Crippen molar-refractivity contribution in [3.8, 4) is 0 Å². The summed E-state index contributed by atoms with van der Waals surface area (Å²) in [6.07, 6.45) is 0. The van der Waals surface area contributed by atoms with Crippen LogP contribution in [0.25, 0.3) is 10.8 Å². The second-order valence-corrected chi connectivity index (χ2v) is 5.05. The van der Waals surface area contributed by atoms with E-state index < -0.39 is 0 Å². The molecule has 0 aliphatic carbocycles. The summed E-state index contributed by atoms with van der Waals surface area (Å²) in [7, 11) is 0. The molecule has 0 spiro atoms. The molecular formula is C16H21NO. The van der Waals surface area contributed by atoms with Crippen LogP contribution in [0.1, 0.15) is 19.4 Å². The van der Waals surface area contributed by atoms with E-state index in [1.54, 1.807) is 0 Å². The number of hydrogen-bond acceptors (Lipinski definition) is 2. The molecule has 0 aliphatic heterocycles. The molecule has 0 aromatic heterocycles. The summed E-state index contributed by atoms with van der Waals surface area (Å²) in [6, 6.07) is 14.9. The van der Waals surface area contributed by atoms with Gasteiger partial charge in [0.25, 0.3) is 0 Å². The van der Waals surface area contributed by atoms with Crippen LogP contribution in [0.3, 0.4) is 0 Å². The maximum Gasteiger partial charge on any atom is 0.0587 e. The maximum absolute atomic E-state index is 9.33. The summed E-state index contributed by atoms with van der Waals surface area (Å²) in [5.41, 5.74) is 1.28. The first-order valence-electron chi connectivity index (χ1n) is 6.53. The fourth-order valence-electron chi connectivity index (χ4n) is 2.20. The molecule has 2 rings (SSSR count). The first kappa shape index (κ1) is 13.1. The number of nitrogens with one attached hydrogen (secondary N) is 1. The predicted octanol–water partition coefficient (Wildman–Crippen LogP) is 2.95. The maximum atomic E-state index is 9.33. The van der Waals surface area contributed by atoms with Gasteiger partial charge in [0.05, 0.1) is 6.61 Å². The molecule has 0 radical (unpaired) electrons. The minimum atomic E-state index is 0.156. The Morgan fingerprint density at radius 3 is 2.50 bits per heavy atom. The average Bonchev–Trinajstić information content (AvgIpc) is 2.39. The minimum Gasteiger partial charge on any atom is -0.395 e. The monoisotopic (exact) mass is 243 g/mol. The zero-order valence-electron chi connectivity index (χ0n) is 11.1. The van der Waals surface area contributed by atoms with Crippen molar-refractivity contribution in [3.05, 3.63) is 48.0 Å². The van der Waals surface area contributed by atoms with E-state index in [0.29, 0.717) is 5.92 Å². The van der Waals surface area contributed by atoms with Crippen molar-refractivity contribution in [2.24, 2.45) is 5.92 Å². The molecular weight excluding hydrogens is 222 g/mol. The van der Waals surface area contributed by atoms with Gasteiger partial charge in [-0.3, -0.25) is 0 Å². The molecule has 0 amide bonds. The van der Waals surface area contributed by atoms with E-state index in [1.165, 1.54) is 16.3 Å². The molecule has 0 fully saturated rings. The van der Waals surface area contributed by atoms with E-state index in [1.807, 2.05) is 0 Å². The van der Waals surface area contributed by atoms with Gasteiger partial charge in [-0.25, -0.2) is 0 Å². The highest BCUT2D eigenvalue weighted by molar-refractivity contribution is 5.85. The summed E-state index contributed by atoms with van der Waals surface area (Å²) in [6.45, 7) is 5.22. The van der Waals surface area contributed by atoms with Gasteiger partial charge in [0.2, 0.25) is 0 Å². The number of benzene rings is 2. The van der Waals surface area contributed by atoms with Gasteiger partial charge in [0.15, 0.2) is 0 Å². The van der Waals surface area contributed by atoms with Gasteiger partial charge < -0.3 is 10.4 Å². The molecule has 0 heterocycles. The van der Waals surface area contributed by atoms with Crippen LogP contribution in [0.4, 0.5) is 0 Å². The van der Waals surface area contributed by atoms with Crippen molar-refractivity contribution < 1.29 is 5.11 Å². The molecule has 2 aromatic rings. The van der Waals surface area contributed by atoms with E-state index in [0.717, 1.165) is 6.54 Å². The smallest absolute Gasteiger partial charge is 0.0587 e. The SMILES string of the molecule is CC(C)[C@@H](CO)NCc1cccc2ccccc12. The molecule has 0 unspecified atom stereocenters. The van der Waals surface area contributed by atoms with E-state index in [-0.39, 0.29) is 12.6 Å². The average molecular weight is 243 g/mol. The summed E-state index contributed by atoms with van der Waals surface area (Å²) >= 11 is 0. The lowest BCUT2D eigenvalue weighted by Crippen LogP contribution is -2.36. The molecule has 96 valence electrons. The summed E-state index contributed by atoms with van der Waals surface area (Å²) < 4.78 is 0. The van der Waals surface area contributed by atoms with Gasteiger partial charge in [0.1, 0.15) is 0 Å². The zero-order valence-corrected chi connectivity index (χ0v) is 11.1. The lowest BCUT2D eigenvalue weighted by molar-refractivity contribution is 0.210. The van der Waals surface area contributed by atoms with Crippen LogP contribution in [0.2, 0.25) is 0 Å².